The van der Waals surface area contributed by atoms with Gasteiger partial charge in [-0.05, 0) is 62.7 Å². The molecule has 0 saturated heterocycles. The van der Waals surface area contributed by atoms with Crippen LogP contribution in [0.2, 0.25) is 0 Å². The molecule has 0 aliphatic heterocycles. The minimum absolute atomic E-state index is 0.00619. The molecular formula is C15H26N2O2. The third-order valence-electron chi connectivity index (χ3n) is 5.43. The molecule has 3 aliphatic carbocycles. The highest BCUT2D eigenvalue weighted by atomic mass is 16.3. The molecule has 0 bridgehead atoms. The zero-order valence-corrected chi connectivity index (χ0v) is 11.7. The molecule has 19 heavy (non-hydrogen) atoms. The summed E-state index contributed by atoms with van der Waals surface area (Å²) in [5.41, 5.74) is 0.445. The molecule has 3 saturated carbocycles. The van der Waals surface area contributed by atoms with Crippen molar-refractivity contribution in [2.45, 2.75) is 69.9 Å². The van der Waals surface area contributed by atoms with E-state index in [0.29, 0.717) is 5.41 Å². The largest absolute Gasteiger partial charge is 0.393 e. The van der Waals surface area contributed by atoms with Crippen molar-refractivity contribution in [3.05, 3.63) is 0 Å². The number of hydrogen-bond acceptors (Lipinski definition) is 2. The minimum atomic E-state index is -0.158. The van der Waals surface area contributed by atoms with Crippen LogP contribution >= 0.6 is 0 Å². The lowest BCUT2D eigenvalue weighted by atomic mass is 9.65. The Morgan fingerprint density at radius 3 is 2.32 bits per heavy atom. The first-order valence-corrected chi connectivity index (χ1v) is 7.90. The maximum Gasteiger partial charge on any atom is 0.315 e. The van der Waals surface area contributed by atoms with E-state index in [9.17, 15) is 9.90 Å². The fourth-order valence-electron chi connectivity index (χ4n) is 3.77. The molecular weight excluding hydrogens is 240 g/mol. The standard InChI is InChI=1S/C15H26N2O2/c18-13-6-4-12(5-7-13)17-14(19)16-10-15(8-1-9-15)11-2-3-11/h11-13,18H,1-10H2,(H2,16,17,19). The second-order valence-electron chi connectivity index (χ2n) is 6.82. The molecule has 0 heterocycles. The molecule has 0 aromatic rings. The average molecular weight is 266 g/mol. The SMILES string of the molecule is O=C(NCC1(C2CC2)CCC1)NC1CCC(O)CC1. The summed E-state index contributed by atoms with van der Waals surface area (Å²) in [6.07, 6.45) is 9.95. The highest BCUT2D eigenvalue weighted by molar-refractivity contribution is 5.74. The first kappa shape index (κ1) is 13.2. The highest BCUT2D eigenvalue weighted by Crippen LogP contribution is 2.56. The van der Waals surface area contributed by atoms with E-state index in [2.05, 4.69) is 10.6 Å². The van der Waals surface area contributed by atoms with Crippen molar-refractivity contribution in [3.8, 4) is 0 Å². The van der Waals surface area contributed by atoms with Crippen LogP contribution in [-0.4, -0.2) is 29.8 Å². The van der Waals surface area contributed by atoms with Crippen molar-refractivity contribution in [3.63, 3.8) is 0 Å². The Morgan fingerprint density at radius 2 is 1.79 bits per heavy atom. The Balaban J connectivity index is 1.39. The van der Waals surface area contributed by atoms with Gasteiger partial charge in [-0.25, -0.2) is 4.79 Å². The lowest BCUT2D eigenvalue weighted by Crippen LogP contribution is -2.49. The molecule has 0 atom stereocenters. The third-order valence-corrected chi connectivity index (χ3v) is 5.43. The smallest absolute Gasteiger partial charge is 0.315 e. The van der Waals surface area contributed by atoms with Crippen molar-refractivity contribution in [2.24, 2.45) is 11.3 Å². The third kappa shape index (κ3) is 3.04. The molecule has 0 unspecified atom stereocenters. The van der Waals surface area contributed by atoms with Gasteiger partial charge in [-0.2, -0.15) is 0 Å². The van der Waals surface area contributed by atoms with Crippen molar-refractivity contribution in [1.82, 2.24) is 10.6 Å². The maximum atomic E-state index is 11.9. The van der Waals surface area contributed by atoms with Gasteiger partial charge < -0.3 is 15.7 Å². The van der Waals surface area contributed by atoms with E-state index in [1.54, 1.807) is 0 Å². The van der Waals surface area contributed by atoms with E-state index in [1.807, 2.05) is 0 Å². The Bertz CT molecular complexity index is 329. The van der Waals surface area contributed by atoms with E-state index >= 15 is 0 Å². The van der Waals surface area contributed by atoms with Gasteiger partial charge >= 0.3 is 6.03 Å². The van der Waals surface area contributed by atoms with Gasteiger partial charge in [0.1, 0.15) is 0 Å². The van der Waals surface area contributed by atoms with Gasteiger partial charge in [0.25, 0.3) is 0 Å². The number of nitrogens with one attached hydrogen (secondary N) is 2. The number of hydrogen-bond donors (Lipinski definition) is 3. The Hall–Kier alpha value is -0.770. The summed E-state index contributed by atoms with van der Waals surface area (Å²) >= 11 is 0. The normalized spacial score (nSPS) is 33.3. The number of aliphatic hydroxyl groups is 1. The van der Waals surface area contributed by atoms with Gasteiger partial charge in [0.05, 0.1) is 6.10 Å². The first-order valence-electron chi connectivity index (χ1n) is 7.90. The molecule has 3 aliphatic rings. The van der Waals surface area contributed by atoms with E-state index in [1.165, 1.54) is 32.1 Å². The molecule has 4 nitrogen and oxygen atoms in total. The zero-order chi connectivity index (χ0) is 13.3. The van der Waals surface area contributed by atoms with Crippen LogP contribution in [0.3, 0.4) is 0 Å². The van der Waals surface area contributed by atoms with Gasteiger partial charge in [-0.3, -0.25) is 0 Å². The van der Waals surface area contributed by atoms with E-state index < -0.39 is 0 Å². The summed E-state index contributed by atoms with van der Waals surface area (Å²) in [7, 11) is 0. The Kier molecular flexibility index (Phi) is 3.70. The van der Waals surface area contributed by atoms with Crippen molar-refractivity contribution in [1.29, 1.82) is 0 Å². The summed E-state index contributed by atoms with van der Waals surface area (Å²) in [6, 6.07) is 0.245. The number of rotatable bonds is 4. The van der Waals surface area contributed by atoms with Crippen molar-refractivity contribution in [2.75, 3.05) is 6.54 Å². The van der Waals surface area contributed by atoms with Crippen molar-refractivity contribution >= 4 is 6.03 Å². The van der Waals surface area contributed by atoms with Crippen LogP contribution < -0.4 is 10.6 Å². The average Bonchev–Trinajstić information content (AvgIpc) is 3.15. The molecule has 0 aromatic heterocycles. The van der Waals surface area contributed by atoms with E-state index in [0.717, 1.165) is 38.1 Å². The Labute approximate surface area is 115 Å². The lowest BCUT2D eigenvalue weighted by Gasteiger charge is -2.42. The van der Waals surface area contributed by atoms with Gasteiger partial charge in [0.15, 0.2) is 0 Å². The molecule has 108 valence electrons. The first-order chi connectivity index (χ1) is 9.18. The molecule has 0 spiro atoms. The van der Waals surface area contributed by atoms with Crippen LogP contribution in [0.15, 0.2) is 0 Å². The van der Waals surface area contributed by atoms with Gasteiger partial charge in [-0.15, -0.1) is 0 Å². The van der Waals surface area contributed by atoms with Crippen LogP contribution in [0.4, 0.5) is 4.79 Å². The molecule has 0 aromatic carbocycles. The summed E-state index contributed by atoms with van der Waals surface area (Å²) in [5, 5.41) is 15.6. The number of amides is 2. The number of aliphatic hydroxyl groups excluding tert-OH is 1. The second kappa shape index (κ2) is 5.31. The van der Waals surface area contributed by atoms with Crippen molar-refractivity contribution < 1.29 is 9.90 Å². The molecule has 2 amide bonds. The van der Waals surface area contributed by atoms with Gasteiger partial charge in [0, 0.05) is 12.6 Å². The van der Waals surface area contributed by atoms with E-state index in [4.69, 9.17) is 0 Å². The molecule has 3 N–H and O–H groups in total. The summed E-state index contributed by atoms with van der Waals surface area (Å²) in [5.74, 6) is 0.881. The van der Waals surface area contributed by atoms with E-state index in [-0.39, 0.29) is 18.2 Å². The highest BCUT2D eigenvalue weighted by Gasteiger charge is 2.48. The monoisotopic (exact) mass is 266 g/mol. The lowest BCUT2D eigenvalue weighted by molar-refractivity contribution is 0.0995. The number of carbonyl (C=O) groups excluding carboxylic acids is 1. The van der Waals surface area contributed by atoms with Crippen LogP contribution in [0, 0.1) is 11.3 Å². The second-order valence-corrected chi connectivity index (χ2v) is 6.82. The topological polar surface area (TPSA) is 61.4 Å². The fourth-order valence-corrected chi connectivity index (χ4v) is 3.77. The summed E-state index contributed by atoms with van der Waals surface area (Å²) < 4.78 is 0. The predicted octanol–water partition coefficient (Wildman–Crippen LogP) is 2.17. The number of carbonyl (C=O) groups is 1. The van der Waals surface area contributed by atoms with Crippen LogP contribution in [-0.2, 0) is 0 Å². The molecule has 0 radical (unpaired) electrons. The summed E-state index contributed by atoms with van der Waals surface area (Å²) in [6.45, 7) is 0.860. The zero-order valence-electron chi connectivity index (χ0n) is 11.7. The molecule has 3 fully saturated rings. The predicted molar refractivity (Wildman–Crippen MR) is 73.8 cm³/mol. The van der Waals surface area contributed by atoms with Crippen LogP contribution in [0.1, 0.15) is 57.8 Å². The summed E-state index contributed by atoms with van der Waals surface area (Å²) in [4.78, 5) is 11.9. The molecule has 3 rings (SSSR count). The van der Waals surface area contributed by atoms with Crippen LogP contribution in [0.25, 0.3) is 0 Å². The minimum Gasteiger partial charge on any atom is -0.393 e. The van der Waals surface area contributed by atoms with Gasteiger partial charge in [0.2, 0.25) is 0 Å². The van der Waals surface area contributed by atoms with Crippen LogP contribution in [0.5, 0.6) is 0 Å². The number of urea groups is 1. The maximum absolute atomic E-state index is 11.9. The molecule has 4 heteroatoms. The Morgan fingerprint density at radius 1 is 1.11 bits per heavy atom. The van der Waals surface area contributed by atoms with Gasteiger partial charge in [-0.1, -0.05) is 6.42 Å². The quantitative estimate of drug-likeness (QED) is 0.730. The fraction of sp³-hybridized carbons (Fsp3) is 0.933.